The highest BCUT2D eigenvalue weighted by Crippen LogP contribution is 2.23. The van der Waals surface area contributed by atoms with Gasteiger partial charge in [0.1, 0.15) is 0 Å². The topological polar surface area (TPSA) is 57.2 Å². The number of carbonyl (C=O) groups is 1. The lowest BCUT2D eigenvalue weighted by Crippen LogP contribution is -2.28. The molecule has 86 valence electrons. The van der Waals surface area contributed by atoms with Gasteiger partial charge in [-0.25, -0.2) is 5.43 Å². The van der Waals surface area contributed by atoms with Crippen molar-refractivity contribution in [2.75, 3.05) is 0 Å². The molecule has 0 saturated heterocycles. The molecule has 1 heterocycles. The van der Waals surface area contributed by atoms with Gasteiger partial charge in [0.2, 0.25) is 5.91 Å². The Labute approximate surface area is 95.1 Å². The van der Waals surface area contributed by atoms with Gasteiger partial charge in [0.05, 0.1) is 11.9 Å². The lowest BCUT2D eigenvalue weighted by molar-refractivity contribution is -0.125. The average Bonchev–Trinajstić information content (AvgIpc) is 2.83. The number of H-pyrrole nitrogens is 1. The van der Waals surface area contributed by atoms with Crippen LogP contribution in [0.5, 0.6) is 0 Å². The number of hydrogen-bond donors (Lipinski definition) is 2. The first-order valence-electron chi connectivity index (χ1n) is 5.82. The molecule has 2 N–H and O–H groups in total. The Balaban J connectivity index is 1.78. The molecule has 0 aliphatic heterocycles. The second kappa shape index (κ2) is 5.49. The monoisotopic (exact) mass is 219 g/mol. The maximum Gasteiger partial charge on any atom is 0.243 e. The van der Waals surface area contributed by atoms with Crippen molar-refractivity contribution in [3.8, 4) is 0 Å². The molecule has 0 unspecified atom stereocenters. The molecule has 1 aromatic heterocycles. The molecular weight excluding hydrogens is 202 g/mol. The van der Waals surface area contributed by atoms with E-state index < -0.39 is 0 Å². The summed E-state index contributed by atoms with van der Waals surface area (Å²) in [6, 6.07) is 3.79. The molecule has 1 aliphatic rings. The smallest absolute Gasteiger partial charge is 0.243 e. The maximum atomic E-state index is 11.7. The van der Waals surface area contributed by atoms with Crippen LogP contribution in [0.25, 0.3) is 0 Å². The van der Waals surface area contributed by atoms with Crippen LogP contribution in [0.3, 0.4) is 0 Å². The summed E-state index contributed by atoms with van der Waals surface area (Å²) in [7, 11) is 0. The molecular formula is C12H17N3O. The zero-order valence-corrected chi connectivity index (χ0v) is 9.28. The second-order valence-corrected chi connectivity index (χ2v) is 4.19. The molecule has 1 aliphatic carbocycles. The molecule has 1 amide bonds. The molecule has 0 atom stereocenters. The second-order valence-electron chi connectivity index (χ2n) is 4.19. The molecule has 1 saturated carbocycles. The van der Waals surface area contributed by atoms with Crippen LogP contribution in [0.15, 0.2) is 23.4 Å². The van der Waals surface area contributed by atoms with E-state index in [0.717, 1.165) is 18.5 Å². The summed E-state index contributed by atoms with van der Waals surface area (Å²) in [5, 5.41) is 3.93. The van der Waals surface area contributed by atoms with Crippen molar-refractivity contribution in [2.24, 2.45) is 11.0 Å². The fourth-order valence-electron chi connectivity index (χ4n) is 2.05. The SMILES string of the molecule is O=C(NN=Cc1ccc[nH]1)C1CCCCC1. The van der Waals surface area contributed by atoms with Crippen LogP contribution >= 0.6 is 0 Å². The summed E-state index contributed by atoms with van der Waals surface area (Å²) in [4.78, 5) is 14.7. The van der Waals surface area contributed by atoms with Gasteiger partial charge in [-0.2, -0.15) is 5.10 Å². The van der Waals surface area contributed by atoms with Crippen molar-refractivity contribution in [2.45, 2.75) is 32.1 Å². The van der Waals surface area contributed by atoms with Gasteiger partial charge in [-0.1, -0.05) is 19.3 Å². The quantitative estimate of drug-likeness (QED) is 0.593. The molecule has 1 fully saturated rings. The Kier molecular flexibility index (Phi) is 3.75. The minimum absolute atomic E-state index is 0.0579. The Hall–Kier alpha value is -1.58. The van der Waals surface area contributed by atoms with Crippen LogP contribution in [-0.2, 0) is 4.79 Å². The Morgan fingerprint density at radius 1 is 1.44 bits per heavy atom. The van der Waals surface area contributed by atoms with Crippen molar-refractivity contribution in [1.82, 2.24) is 10.4 Å². The number of hydrogen-bond acceptors (Lipinski definition) is 2. The number of hydrazone groups is 1. The molecule has 0 radical (unpaired) electrons. The maximum absolute atomic E-state index is 11.7. The zero-order valence-electron chi connectivity index (χ0n) is 9.28. The van der Waals surface area contributed by atoms with E-state index >= 15 is 0 Å². The number of aromatic amines is 1. The molecule has 0 aromatic carbocycles. The van der Waals surface area contributed by atoms with Crippen LogP contribution in [-0.4, -0.2) is 17.1 Å². The van der Waals surface area contributed by atoms with E-state index in [2.05, 4.69) is 15.5 Å². The minimum Gasteiger partial charge on any atom is -0.360 e. The first-order valence-corrected chi connectivity index (χ1v) is 5.82. The number of aromatic nitrogens is 1. The van der Waals surface area contributed by atoms with Crippen LogP contribution in [0, 0.1) is 5.92 Å². The van der Waals surface area contributed by atoms with E-state index in [9.17, 15) is 4.79 Å². The summed E-state index contributed by atoms with van der Waals surface area (Å²) in [6.07, 6.45) is 9.05. The van der Waals surface area contributed by atoms with Crippen LogP contribution in [0.4, 0.5) is 0 Å². The van der Waals surface area contributed by atoms with E-state index in [0.29, 0.717) is 0 Å². The van der Waals surface area contributed by atoms with E-state index in [1.807, 2.05) is 18.3 Å². The molecule has 1 aromatic rings. The van der Waals surface area contributed by atoms with Crippen LogP contribution in [0.2, 0.25) is 0 Å². The van der Waals surface area contributed by atoms with E-state index in [1.54, 1.807) is 6.21 Å². The van der Waals surface area contributed by atoms with Gasteiger partial charge in [-0.05, 0) is 25.0 Å². The fraction of sp³-hybridized carbons (Fsp3) is 0.500. The molecule has 2 rings (SSSR count). The van der Waals surface area contributed by atoms with Crippen molar-refractivity contribution in [3.63, 3.8) is 0 Å². The van der Waals surface area contributed by atoms with Gasteiger partial charge in [-0.3, -0.25) is 4.79 Å². The largest absolute Gasteiger partial charge is 0.360 e. The third-order valence-corrected chi connectivity index (χ3v) is 2.98. The predicted molar refractivity (Wildman–Crippen MR) is 63.1 cm³/mol. The summed E-state index contributed by atoms with van der Waals surface area (Å²) in [5.41, 5.74) is 3.49. The average molecular weight is 219 g/mol. The first-order chi connectivity index (χ1) is 7.86. The highest BCUT2D eigenvalue weighted by molar-refractivity contribution is 5.82. The molecule has 0 spiro atoms. The normalized spacial score (nSPS) is 17.8. The Morgan fingerprint density at radius 3 is 2.94 bits per heavy atom. The summed E-state index contributed by atoms with van der Waals surface area (Å²) < 4.78 is 0. The standard InChI is InChI=1S/C12H17N3O/c16-12(10-5-2-1-3-6-10)15-14-9-11-7-4-8-13-11/h4,7-10,13H,1-3,5-6H2,(H,15,16). The Morgan fingerprint density at radius 2 is 2.25 bits per heavy atom. The fourth-order valence-corrected chi connectivity index (χ4v) is 2.05. The lowest BCUT2D eigenvalue weighted by atomic mass is 9.89. The van der Waals surface area contributed by atoms with E-state index in [1.165, 1.54) is 19.3 Å². The number of nitrogens with one attached hydrogen (secondary N) is 2. The number of carbonyl (C=O) groups excluding carboxylic acids is 1. The van der Waals surface area contributed by atoms with Crippen molar-refractivity contribution in [1.29, 1.82) is 0 Å². The predicted octanol–water partition coefficient (Wildman–Crippen LogP) is 2.05. The zero-order chi connectivity index (χ0) is 11.2. The highest BCUT2D eigenvalue weighted by atomic mass is 16.2. The van der Waals surface area contributed by atoms with Gasteiger partial charge < -0.3 is 4.98 Å². The van der Waals surface area contributed by atoms with E-state index in [-0.39, 0.29) is 11.8 Å². The van der Waals surface area contributed by atoms with Crippen molar-refractivity contribution >= 4 is 12.1 Å². The highest BCUT2D eigenvalue weighted by Gasteiger charge is 2.20. The van der Waals surface area contributed by atoms with Crippen molar-refractivity contribution < 1.29 is 4.79 Å². The van der Waals surface area contributed by atoms with Gasteiger partial charge in [0.25, 0.3) is 0 Å². The third kappa shape index (κ3) is 2.95. The summed E-state index contributed by atoms with van der Waals surface area (Å²) in [5.74, 6) is 0.219. The molecule has 4 nitrogen and oxygen atoms in total. The van der Waals surface area contributed by atoms with Gasteiger partial charge in [-0.15, -0.1) is 0 Å². The summed E-state index contributed by atoms with van der Waals surface area (Å²) in [6.45, 7) is 0. The van der Waals surface area contributed by atoms with Crippen LogP contribution in [0.1, 0.15) is 37.8 Å². The molecule has 0 bridgehead atoms. The van der Waals surface area contributed by atoms with Crippen LogP contribution < -0.4 is 5.43 Å². The van der Waals surface area contributed by atoms with Crippen molar-refractivity contribution in [3.05, 3.63) is 24.0 Å². The number of amides is 1. The van der Waals surface area contributed by atoms with Gasteiger partial charge in [0.15, 0.2) is 0 Å². The Bertz CT molecular complexity index is 350. The number of nitrogens with zero attached hydrogens (tertiary/aromatic N) is 1. The van der Waals surface area contributed by atoms with Gasteiger partial charge >= 0.3 is 0 Å². The lowest BCUT2D eigenvalue weighted by Gasteiger charge is -2.19. The summed E-state index contributed by atoms with van der Waals surface area (Å²) >= 11 is 0. The molecule has 4 heteroatoms. The van der Waals surface area contributed by atoms with Gasteiger partial charge in [0, 0.05) is 12.1 Å². The minimum atomic E-state index is 0.0579. The van der Waals surface area contributed by atoms with E-state index in [4.69, 9.17) is 0 Å². The first kappa shape index (κ1) is 10.9. The number of rotatable bonds is 3. The third-order valence-electron chi connectivity index (χ3n) is 2.98. The molecule has 16 heavy (non-hydrogen) atoms.